The van der Waals surface area contributed by atoms with Gasteiger partial charge in [0, 0.05) is 31.1 Å². The molecule has 1 heterocycles. The summed E-state index contributed by atoms with van der Waals surface area (Å²) in [6.45, 7) is 3.60. The van der Waals surface area contributed by atoms with Gasteiger partial charge in [0.05, 0.1) is 12.6 Å². The maximum Gasteiger partial charge on any atom is 0.260 e. The molecule has 0 saturated carbocycles. The van der Waals surface area contributed by atoms with Crippen molar-refractivity contribution in [1.82, 2.24) is 10.2 Å². The number of carbonyl (C=O) groups is 2. The number of amides is 2. The van der Waals surface area contributed by atoms with E-state index < -0.39 is 11.6 Å². The number of hydrogen-bond acceptors (Lipinski definition) is 4. The van der Waals surface area contributed by atoms with E-state index in [2.05, 4.69) is 5.32 Å². The summed E-state index contributed by atoms with van der Waals surface area (Å²) < 4.78 is 37.7. The van der Waals surface area contributed by atoms with Gasteiger partial charge in [-0.15, -0.1) is 0 Å². The standard InChI is InChI=1S/C25H30F2N2O4/c1-2-21(28-24(30)10-7-15-32-23-12-11-18(26)16-20(23)27)19-8-3-4-9-22(19)33-17-25(31)29-13-5-6-14-29/h3-4,8-9,11-12,16,21H,2,5-7,10,13-15,17H2,1H3,(H,28,30). The second-order valence-corrected chi connectivity index (χ2v) is 7.97. The lowest BCUT2D eigenvalue weighted by atomic mass is 10.0. The highest BCUT2D eigenvalue weighted by Crippen LogP contribution is 2.27. The highest BCUT2D eigenvalue weighted by molar-refractivity contribution is 5.78. The largest absolute Gasteiger partial charge is 0.491 e. The predicted molar refractivity (Wildman–Crippen MR) is 120 cm³/mol. The molecule has 0 aliphatic carbocycles. The van der Waals surface area contributed by atoms with E-state index in [4.69, 9.17) is 9.47 Å². The molecule has 3 rings (SSSR count). The average molecular weight is 461 g/mol. The van der Waals surface area contributed by atoms with Crippen LogP contribution < -0.4 is 14.8 Å². The summed E-state index contributed by atoms with van der Waals surface area (Å²) in [6, 6.07) is 10.2. The molecule has 1 aliphatic heterocycles. The molecule has 2 aromatic rings. The van der Waals surface area contributed by atoms with Gasteiger partial charge in [-0.1, -0.05) is 25.1 Å². The normalized spacial score (nSPS) is 14.1. The van der Waals surface area contributed by atoms with Crippen LogP contribution in [0.15, 0.2) is 42.5 Å². The molecule has 0 spiro atoms. The minimum atomic E-state index is -0.773. The second kappa shape index (κ2) is 12.2. The lowest BCUT2D eigenvalue weighted by molar-refractivity contribution is -0.132. The summed E-state index contributed by atoms with van der Waals surface area (Å²) in [5.41, 5.74) is 0.812. The van der Waals surface area contributed by atoms with E-state index in [1.54, 1.807) is 6.07 Å². The summed E-state index contributed by atoms with van der Waals surface area (Å²) >= 11 is 0. The molecule has 33 heavy (non-hydrogen) atoms. The number of rotatable bonds is 11. The number of nitrogens with one attached hydrogen (secondary N) is 1. The topological polar surface area (TPSA) is 67.9 Å². The Morgan fingerprint density at radius 2 is 1.82 bits per heavy atom. The predicted octanol–water partition coefficient (Wildman–Crippen LogP) is 4.39. The van der Waals surface area contributed by atoms with Crippen LogP contribution in [0.4, 0.5) is 8.78 Å². The van der Waals surface area contributed by atoms with E-state index in [-0.39, 0.29) is 43.2 Å². The van der Waals surface area contributed by atoms with Crippen LogP contribution in [0.25, 0.3) is 0 Å². The van der Waals surface area contributed by atoms with Crippen molar-refractivity contribution >= 4 is 11.8 Å². The first-order valence-electron chi connectivity index (χ1n) is 11.3. The Balaban J connectivity index is 1.49. The third-order valence-electron chi connectivity index (χ3n) is 5.55. The fourth-order valence-electron chi connectivity index (χ4n) is 3.77. The zero-order chi connectivity index (χ0) is 23.6. The first kappa shape index (κ1) is 24.5. The van der Waals surface area contributed by atoms with Crippen LogP contribution >= 0.6 is 0 Å². The number of halogens is 2. The molecule has 1 aliphatic rings. The van der Waals surface area contributed by atoms with E-state index in [0.29, 0.717) is 18.6 Å². The lowest BCUT2D eigenvalue weighted by Crippen LogP contribution is -2.32. The Labute approximate surface area is 192 Å². The van der Waals surface area contributed by atoms with Crippen molar-refractivity contribution in [1.29, 1.82) is 0 Å². The minimum Gasteiger partial charge on any atom is -0.491 e. The second-order valence-electron chi connectivity index (χ2n) is 7.97. The number of carbonyl (C=O) groups excluding carboxylic acids is 2. The van der Waals surface area contributed by atoms with E-state index in [0.717, 1.165) is 43.6 Å². The smallest absolute Gasteiger partial charge is 0.260 e. The molecule has 6 nitrogen and oxygen atoms in total. The van der Waals surface area contributed by atoms with Gasteiger partial charge in [-0.05, 0) is 43.9 Å². The molecule has 1 saturated heterocycles. The molecular formula is C25H30F2N2O4. The first-order valence-corrected chi connectivity index (χ1v) is 11.3. The Bertz CT molecular complexity index is 948. The number of benzene rings is 2. The molecule has 1 unspecified atom stereocenters. The summed E-state index contributed by atoms with van der Waals surface area (Å²) in [6.07, 6.45) is 3.26. The molecule has 178 valence electrons. The summed E-state index contributed by atoms with van der Waals surface area (Å²) in [5.74, 6) is -1.12. The van der Waals surface area contributed by atoms with Gasteiger partial charge in [0.2, 0.25) is 5.91 Å². The Kier molecular flexibility index (Phi) is 9.04. The Morgan fingerprint density at radius 1 is 1.06 bits per heavy atom. The third kappa shape index (κ3) is 7.17. The van der Waals surface area contributed by atoms with E-state index >= 15 is 0 Å². The Hall–Kier alpha value is -3.16. The molecular weight excluding hydrogens is 430 g/mol. The van der Waals surface area contributed by atoms with Crippen LogP contribution in [-0.4, -0.2) is 43.0 Å². The fraction of sp³-hybridized carbons (Fsp3) is 0.440. The monoisotopic (exact) mass is 460 g/mol. The molecule has 2 amide bonds. The SMILES string of the molecule is CCC(NC(=O)CCCOc1ccc(F)cc1F)c1ccccc1OCC(=O)N1CCCC1. The molecule has 0 aromatic heterocycles. The number of hydrogen-bond donors (Lipinski definition) is 1. The number of likely N-dealkylation sites (tertiary alicyclic amines) is 1. The zero-order valence-corrected chi connectivity index (χ0v) is 18.8. The van der Waals surface area contributed by atoms with Crippen LogP contribution in [0.3, 0.4) is 0 Å². The van der Waals surface area contributed by atoms with Crippen molar-refractivity contribution in [3.05, 3.63) is 59.7 Å². The van der Waals surface area contributed by atoms with Crippen molar-refractivity contribution in [3.8, 4) is 11.5 Å². The zero-order valence-electron chi connectivity index (χ0n) is 18.8. The molecule has 2 aromatic carbocycles. The maximum absolute atomic E-state index is 13.6. The summed E-state index contributed by atoms with van der Waals surface area (Å²) in [7, 11) is 0. The van der Waals surface area contributed by atoms with Crippen molar-refractivity contribution < 1.29 is 27.8 Å². The van der Waals surface area contributed by atoms with Crippen LogP contribution in [0.5, 0.6) is 11.5 Å². The van der Waals surface area contributed by atoms with Gasteiger partial charge in [-0.25, -0.2) is 8.78 Å². The summed E-state index contributed by atoms with van der Waals surface area (Å²) in [5, 5.41) is 2.99. The highest BCUT2D eigenvalue weighted by Gasteiger charge is 2.21. The van der Waals surface area contributed by atoms with Gasteiger partial charge in [0.25, 0.3) is 5.91 Å². The van der Waals surface area contributed by atoms with Crippen molar-refractivity contribution in [2.75, 3.05) is 26.3 Å². The minimum absolute atomic E-state index is 0.0291. The van der Waals surface area contributed by atoms with Crippen molar-refractivity contribution in [2.45, 2.75) is 45.1 Å². The van der Waals surface area contributed by atoms with Gasteiger partial charge < -0.3 is 19.7 Å². The number of nitrogens with zero attached hydrogens (tertiary/aromatic N) is 1. The summed E-state index contributed by atoms with van der Waals surface area (Å²) in [4.78, 5) is 26.6. The maximum atomic E-state index is 13.6. The third-order valence-corrected chi connectivity index (χ3v) is 5.55. The first-order chi connectivity index (χ1) is 16.0. The molecule has 0 radical (unpaired) electrons. The molecule has 0 bridgehead atoms. The van der Waals surface area contributed by atoms with E-state index in [1.807, 2.05) is 30.0 Å². The number of ether oxygens (including phenoxy) is 2. The fourth-order valence-corrected chi connectivity index (χ4v) is 3.77. The quantitative estimate of drug-likeness (QED) is 0.505. The lowest BCUT2D eigenvalue weighted by Gasteiger charge is -2.22. The van der Waals surface area contributed by atoms with Gasteiger partial charge in [-0.2, -0.15) is 0 Å². The van der Waals surface area contributed by atoms with Gasteiger partial charge >= 0.3 is 0 Å². The van der Waals surface area contributed by atoms with Crippen molar-refractivity contribution in [2.24, 2.45) is 0 Å². The number of para-hydroxylation sites is 1. The molecule has 1 fully saturated rings. The van der Waals surface area contributed by atoms with E-state index in [1.165, 1.54) is 6.07 Å². The molecule has 1 N–H and O–H groups in total. The van der Waals surface area contributed by atoms with E-state index in [9.17, 15) is 18.4 Å². The average Bonchev–Trinajstić information content (AvgIpc) is 3.35. The van der Waals surface area contributed by atoms with Gasteiger partial charge in [0.1, 0.15) is 11.6 Å². The molecule has 1 atom stereocenters. The van der Waals surface area contributed by atoms with Crippen molar-refractivity contribution in [3.63, 3.8) is 0 Å². The van der Waals surface area contributed by atoms with Crippen LogP contribution in [-0.2, 0) is 9.59 Å². The molecule has 8 heteroatoms. The Morgan fingerprint density at radius 3 is 2.55 bits per heavy atom. The van der Waals surface area contributed by atoms with Gasteiger partial charge in [0.15, 0.2) is 18.2 Å². The highest BCUT2D eigenvalue weighted by atomic mass is 19.1. The van der Waals surface area contributed by atoms with Crippen LogP contribution in [0, 0.1) is 11.6 Å². The van der Waals surface area contributed by atoms with Gasteiger partial charge in [-0.3, -0.25) is 9.59 Å². The van der Waals surface area contributed by atoms with Crippen LogP contribution in [0.2, 0.25) is 0 Å². The van der Waals surface area contributed by atoms with Crippen LogP contribution in [0.1, 0.15) is 50.6 Å².